The van der Waals surface area contributed by atoms with E-state index in [1.165, 1.54) is 15.8 Å². The van der Waals surface area contributed by atoms with E-state index in [-0.39, 0.29) is 24.2 Å². The van der Waals surface area contributed by atoms with Gasteiger partial charge in [-0.1, -0.05) is 5.21 Å². The largest absolute Gasteiger partial charge is 0.476 e. The highest BCUT2D eigenvalue weighted by molar-refractivity contribution is 5.84. The average molecular weight is 256 g/mol. The Bertz CT molecular complexity index is 431. The fraction of sp³-hybridized carbons (Fsp3) is 0.600. The molecule has 0 aliphatic heterocycles. The van der Waals surface area contributed by atoms with E-state index in [1.807, 2.05) is 6.92 Å². The van der Waals surface area contributed by atoms with E-state index in [4.69, 9.17) is 9.84 Å². The number of carboxylic acid groups (broad SMARTS) is 1. The number of carbonyl (C=O) groups excluding carboxylic acids is 1. The summed E-state index contributed by atoms with van der Waals surface area (Å²) < 4.78 is 6.15. The molecule has 0 radical (unpaired) electrons. The molecule has 0 aliphatic rings. The summed E-state index contributed by atoms with van der Waals surface area (Å²) in [6.45, 7) is 2.23. The maximum Gasteiger partial charge on any atom is 0.358 e. The van der Waals surface area contributed by atoms with E-state index in [1.54, 1.807) is 14.2 Å². The topological polar surface area (TPSA) is 97.5 Å². The molecular weight excluding hydrogens is 240 g/mol. The third kappa shape index (κ3) is 3.52. The standard InChI is InChI=1S/C10H16N4O4/c1-7(6-18-3)13(2)9(15)5-14-4-8(10(16)17)11-12-14/h4,7H,5-6H2,1-3H3,(H,16,17). The molecule has 1 rings (SSSR count). The second kappa shape index (κ2) is 6.10. The number of hydrogen-bond donors (Lipinski definition) is 1. The highest BCUT2D eigenvalue weighted by Gasteiger charge is 2.17. The number of carboxylic acids is 1. The molecule has 1 amide bonds. The van der Waals surface area contributed by atoms with Gasteiger partial charge < -0.3 is 14.7 Å². The molecule has 18 heavy (non-hydrogen) atoms. The van der Waals surface area contributed by atoms with Gasteiger partial charge in [0.05, 0.1) is 18.8 Å². The number of methoxy groups -OCH3 is 1. The third-order valence-corrected chi connectivity index (χ3v) is 2.52. The van der Waals surface area contributed by atoms with Gasteiger partial charge in [0.25, 0.3) is 0 Å². The first-order valence-corrected chi connectivity index (χ1v) is 5.33. The van der Waals surface area contributed by atoms with Crippen molar-refractivity contribution in [1.82, 2.24) is 19.9 Å². The minimum atomic E-state index is -1.17. The summed E-state index contributed by atoms with van der Waals surface area (Å²) in [6.07, 6.45) is 1.22. The van der Waals surface area contributed by atoms with Crippen LogP contribution in [0.1, 0.15) is 17.4 Å². The highest BCUT2D eigenvalue weighted by atomic mass is 16.5. The van der Waals surface area contributed by atoms with E-state index in [0.717, 1.165) is 0 Å². The second-order valence-electron chi connectivity index (χ2n) is 3.92. The zero-order chi connectivity index (χ0) is 13.7. The van der Waals surface area contributed by atoms with Crippen molar-refractivity contribution in [3.05, 3.63) is 11.9 Å². The van der Waals surface area contributed by atoms with Gasteiger partial charge in [0.15, 0.2) is 5.69 Å². The number of rotatable bonds is 6. The lowest BCUT2D eigenvalue weighted by atomic mass is 10.3. The number of amides is 1. The SMILES string of the molecule is COCC(C)N(C)C(=O)Cn1cc(C(=O)O)nn1. The van der Waals surface area contributed by atoms with E-state index in [2.05, 4.69) is 10.3 Å². The van der Waals surface area contributed by atoms with Crippen molar-refractivity contribution in [2.24, 2.45) is 0 Å². The number of nitrogens with zero attached hydrogens (tertiary/aromatic N) is 4. The summed E-state index contributed by atoms with van der Waals surface area (Å²) in [5, 5.41) is 15.7. The Labute approximate surface area is 104 Å². The minimum Gasteiger partial charge on any atom is -0.476 e. The Morgan fingerprint density at radius 1 is 1.61 bits per heavy atom. The molecule has 100 valence electrons. The predicted octanol–water partition coefficient (Wildman–Crippen LogP) is -0.530. The fourth-order valence-corrected chi connectivity index (χ4v) is 1.32. The molecule has 1 aromatic rings. The van der Waals surface area contributed by atoms with Crippen LogP contribution in [0, 0.1) is 0 Å². The van der Waals surface area contributed by atoms with Crippen LogP contribution in [0.2, 0.25) is 0 Å². The van der Waals surface area contributed by atoms with Crippen LogP contribution >= 0.6 is 0 Å². The van der Waals surface area contributed by atoms with Crippen LogP contribution in [0.15, 0.2) is 6.20 Å². The van der Waals surface area contributed by atoms with Crippen LogP contribution in [0.3, 0.4) is 0 Å². The zero-order valence-corrected chi connectivity index (χ0v) is 10.5. The molecule has 0 aromatic carbocycles. The fourth-order valence-electron chi connectivity index (χ4n) is 1.32. The van der Waals surface area contributed by atoms with Crippen LogP contribution in [-0.4, -0.2) is 63.7 Å². The molecule has 1 heterocycles. The van der Waals surface area contributed by atoms with Crippen LogP contribution in [0.5, 0.6) is 0 Å². The van der Waals surface area contributed by atoms with E-state index in [9.17, 15) is 9.59 Å². The summed E-state index contributed by atoms with van der Waals surface area (Å²) in [6, 6.07) is -0.0648. The molecule has 0 aliphatic carbocycles. The van der Waals surface area contributed by atoms with Crippen molar-refractivity contribution >= 4 is 11.9 Å². The summed E-state index contributed by atoms with van der Waals surface area (Å²) in [7, 11) is 3.21. The lowest BCUT2D eigenvalue weighted by Gasteiger charge is -2.24. The van der Waals surface area contributed by atoms with Crippen molar-refractivity contribution in [2.45, 2.75) is 19.5 Å². The molecule has 1 N–H and O–H groups in total. The first-order valence-electron chi connectivity index (χ1n) is 5.33. The third-order valence-electron chi connectivity index (χ3n) is 2.52. The Kier molecular flexibility index (Phi) is 4.78. The van der Waals surface area contributed by atoms with Crippen molar-refractivity contribution in [2.75, 3.05) is 20.8 Å². The first kappa shape index (κ1) is 14.1. The van der Waals surface area contributed by atoms with Crippen LogP contribution in [0.4, 0.5) is 0 Å². The van der Waals surface area contributed by atoms with Crippen LogP contribution in [0.25, 0.3) is 0 Å². The van der Waals surface area contributed by atoms with Crippen LogP contribution in [-0.2, 0) is 16.1 Å². The molecule has 1 aromatic heterocycles. The van der Waals surface area contributed by atoms with E-state index < -0.39 is 5.97 Å². The lowest BCUT2D eigenvalue weighted by Crippen LogP contribution is -2.39. The molecule has 8 nitrogen and oxygen atoms in total. The normalized spacial score (nSPS) is 12.2. The van der Waals surface area contributed by atoms with Crippen LogP contribution < -0.4 is 0 Å². The zero-order valence-electron chi connectivity index (χ0n) is 10.5. The van der Waals surface area contributed by atoms with Gasteiger partial charge in [0.1, 0.15) is 6.54 Å². The van der Waals surface area contributed by atoms with Gasteiger partial charge >= 0.3 is 5.97 Å². The highest BCUT2D eigenvalue weighted by Crippen LogP contribution is 2.00. The van der Waals surface area contributed by atoms with Gasteiger partial charge in [0, 0.05) is 14.2 Å². The summed E-state index contributed by atoms with van der Waals surface area (Å²) in [5.41, 5.74) is -0.185. The summed E-state index contributed by atoms with van der Waals surface area (Å²) in [5.74, 6) is -1.36. The Hall–Kier alpha value is -1.96. The molecule has 0 saturated carbocycles. The van der Waals surface area contributed by atoms with Crippen molar-refractivity contribution in [3.8, 4) is 0 Å². The molecule has 0 spiro atoms. The molecule has 8 heteroatoms. The van der Waals surface area contributed by atoms with Gasteiger partial charge in [-0.2, -0.15) is 0 Å². The van der Waals surface area contributed by atoms with Crippen molar-refractivity contribution < 1.29 is 19.4 Å². The van der Waals surface area contributed by atoms with Crippen molar-refractivity contribution in [3.63, 3.8) is 0 Å². The number of hydrogen-bond acceptors (Lipinski definition) is 5. The molecule has 0 bridgehead atoms. The molecule has 0 saturated heterocycles. The number of likely N-dealkylation sites (N-methyl/N-ethyl adjacent to an activating group) is 1. The first-order chi connectivity index (χ1) is 8.45. The van der Waals surface area contributed by atoms with E-state index in [0.29, 0.717) is 6.61 Å². The van der Waals surface area contributed by atoms with Gasteiger partial charge in [-0.15, -0.1) is 5.10 Å². The second-order valence-corrected chi connectivity index (χ2v) is 3.92. The molecule has 1 atom stereocenters. The molecular formula is C10H16N4O4. The molecule has 0 fully saturated rings. The Morgan fingerprint density at radius 2 is 2.28 bits per heavy atom. The number of ether oxygens (including phenoxy) is 1. The average Bonchev–Trinajstić information content (AvgIpc) is 2.77. The molecule has 1 unspecified atom stereocenters. The van der Waals surface area contributed by atoms with Gasteiger partial charge in [-0.3, -0.25) is 4.79 Å². The smallest absolute Gasteiger partial charge is 0.358 e. The maximum atomic E-state index is 11.8. The lowest BCUT2D eigenvalue weighted by molar-refractivity contribution is -0.133. The summed E-state index contributed by atoms with van der Waals surface area (Å²) in [4.78, 5) is 24.0. The van der Waals surface area contributed by atoms with Gasteiger partial charge in [-0.05, 0) is 6.92 Å². The Balaban J connectivity index is 2.60. The number of carbonyl (C=O) groups is 2. The quantitative estimate of drug-likeness (QED) is 0.734. The number of aromatic carboxylic acids is 1. The monoisotopic (exact) mass is 256 g/mol. The number of aromatic nitrogens is 3. The minimum absolute atomic E-state index is 0.0508. The maximum absolute atomic E-state index is 11.8. The van der Waals surface area contributed by atoms with Gasteiger partial charge in [-0.25, -0.2) is 9.48 Å². The van der Waals surface area contributed by atoms with Gasteiger partial charge in [0.2, 0.25) is 5.91 Å². The predicted molar refractivity (Wildman–Crippen MR) is 61.1 cm³/mol. The summed E-state index contributed by atoms with van der Waals surface area (Å²) >= 11 is 0. The van der Waals surface area contributed by atoms with E-state index >= 15 is 0 Å². The van der Waals surface area contributed by atoms with Crippen molar-refractivity contribution in [1.29, 1.82) is 0 Å². The Morgan fingerprint density at radius 3 is 2.78 bits per heavy atom.